The minimum atomic E-state index is -3.45. The molecule has 3 heteroatoms. The summed E-state index contributed by atoms with van der Waals surface area (Å²) in [6.45, 7) is 13.4. The van der Waals surface area contributed by atoms with E-state index in [0.717, 1.165) is 18.4 Å². The lowest BCUT2D eigenvalue weighted by Gasteiger charge is -2.58. The van der Waals surface area contributed by atoms with E-state index in [9.17, 15) is 8.42 Å². The standard InChI is InChI=1S/C26H38O2S/c1-7-19(2)18-22(29(27,28)21-12-9-8-10-13-21)24-20(3)14-15-23-25(4,5)16-11-17-26(23,24)6/h7-10,12-14,22-24H,11,15-18H2,1-6H3/b19-7-/t22?,23?,24-,26+/m1/s1. The fraction of sp³-hybridized carbons (Fsp3) is 0.615. The zero-order valence-electron chi connectivity index (χ0n) is 19.0. The van der Waals surface area contributed by atoms with Crippen LogP contribution in [0.5, 0.6) is 0 Å². The van der Waals surface area contributed by atoms with Gasteiger partial charge in [-0.2, -0.15) is 0 Å². The normalized spacial score (nSPS) is 31.0. The van der Waals surface area contributed by atoms with Crippen LogP contribution in [0.3, 0.4) is 0 Å². The number of fused-ring (bicyclic) bond motifs is 1. The molecule has 0 saturated heterocycles. The second-order valence-electron chi connectivity index (χ2n) is 10.3. The Morgan fingerprint density at radius 2 is 1.83 bits per heavy atom. The Hall–Kier alpha value is -1.35. The number of sulfone groups is 1. The van der Waals surface area contributed by atoms with Gasteiger partial charge >= 0.3 is 0 Å². The van der Waals surface area contributed by atoms with Crippen molar-refractivity contribution in [2.24, 2.45) is 22.7 Å². The SMILES string of the molecule is C/C=C(/C)CC([C@H]1C(C)=CCC2C(C)(C)CCC[C@@]21C)S(=O)(=O)c1ccccc1. The first-order valence-electron chi connectivity index (χ1n) is 11.1. The van der Waals surface area contributed by atoms with Gasteiger partial charge in [0.1, 0.15) is 0 Å². The fourth-order valence-corrected chi connectivity index (χ4v) is 8.67. The zero-order valence-corrected chi connectivity index (χ0v) is 19.9. The van der Waals surface area contributed by atoms with Gasteiger partial charge in [-0.05, 0) is 75.3 Å². The maximum absolute atomic E-state index is 14.0. The third-order valence-electron chi connectivity index (χ3n) is 8.01. The first-order valence-corrected chi connectivity index (χ1v) is 12.7. The van der Waals surface area contributed by atoms with Crippen molar-refractivity contribution in [2.45, 2.75) is 83.8 Å². The quantitative estimate of drug-likeness (QED) is 0.487. The van der Waals surface area contributed by atoms with Gasteiger partial charge in [0.25, 0.3) is 0 Å². The van der Waals surface area contributed by atoms with Crippen molar-refractivity contribution in [2.75, 3.05) is 0 Å². The molecule has 0 bridgehead atoms. The summed E-state index contributed by atoms with van der Waals surface area (Å²) >= 11 is 0. The van der Waals surface area contributed by atoms with Crippen LogP contribution < -0.4 is 0 Å². The van der Waals surface area contributed by atoms with E-state index in [4.69, 9.17) is 0 Å². The average molecular weight is 415 g/mol. The third-order valence-corrected chi connectivity index (χ3v) is 10.2. The number of benzene rings is 1. The summed E-state index contributed by atoms with van der Waals surface area (Å²) < 4.78 is 27.9. The first kappa shape index (κ1) is 22.3. The Morgan fingerprint density at radius 1 is 1.17 bits per heavy atom. The Balaban J connectivity index is 2.16. The van der Waals surface area contributed by atoms with Crippen LogP contribution in [0.15, 0.2) is 58.5 Å². The van der Waals surface area contributed by atoms with Gasteiger partial charge in [0, 0.05) is 5.92 Å². The van der Waals surface area contributed by atoms with Crippen LogP contribution >= 0.6 is 0 Å². The highest BCUT2D eigenvalue weighted by atomic mass is 32.2. The smallest absolute Gasteiger partial charge is 0.182 e. The Morgan fingerprint density at radius 3 is 2.45 bits per heavy atom. The van der Waals surface area contributed by atoms with E-state index < -0.39 is 15.1 Å². The maximum atomic E-state index is 14.0. The molecule has 1 aromatic carbocycles. The van der Waals surface area contributed by atoms with E-state index in [0.29, 0.717) is 17.2 Å². The molecule has 0 radical (unpaired) electrons. The van der Waals surface area contributed by atoms with Gasteiger partial charge in [0.05, 0.1) is 10.1 Å². The molecular formula is C26H38O2S. The number of hydrogen-bond acceptors (Lipinski definition) is 2. The van der Waals surface area contributed by atoms with E-state index in [1.807, 2.05) is 25.1 Å². The molecule has 1 fully saturated rings. The third kappa shape index (κ3) is 4.00. The molecule has 2 aliphatic carbocycles. The minimum Gasteiger partial charge on any atom is -0.223 e. The van der Waals surface area contributed by atoms with E-state index in [1.165, 1.54) is 18.4 Å². The van der Waals surface area contributed by atoms with Crippen LogP contribution in [0.2, 0.25) is 0 Å². The molecule has 0 aliphatic heterocycles. The molecule has 4 atom stereocenters. The summed E-state index contributed by atoms with van der Waals surface area (Å²) in [6.07, 6.45) is 9.63. The molecule has 2 aliphatic rings. The molecule has 1 aromatic rings. The molecule has 0 amide bonds. The van der Waals surface area contributed by atoms with Crippen LogP contribution in [0.25, 0.3) is 0 Å². The number of hydrogen-bond donors (Lipinski definition) is 0. The Kier molecular flexibility index (Phi) is 6.21. The predicted octanol–water partition coefficient (Wildman–Crippen LogP) is 6.98. The van der Waals surface area contributed by atoms with Crippen LogP contribution in [0.4, 0.5) is 0 Å². The van der Waals surface area contributed by atoms with Gasteiger partial charge < -0.3 is 0 Å². The lowest BCUT2D eigenvalue weighted by atomic mass is 9.48. The Labute approximate surface area is 178 Å². The fourth-order valence-electron chi connectivity index (χ4n) is 6.42. The average Bonchev–Trinajstić information content (AvgIpc) is 2.66. The molecular weight excluding hydrogens is 376 g/mol. The highest BCUT2D eigenvalue weighted by Gasteiger charge is 2.55. The van der Waals surface area contributed by atoms with Gasteiger partial charge in [-0.25, -0.2) is 8.42 Å². The number of allylic oxidation sites excluding steroid dienone is 4. The second-order valence-corrected chi connectivity index (χ2v) is 12.5. The summed E-state index contributed by atoms with van der Waals surface area (Å²) in [5.41, 5.74) is 2.69. The van der Waals surface area contributed by atoms with Crippen molar-refractivity contribution < 1.29 is 8.42 Å². The van der Waals surface area contributed by atoms with Crippen molar-refractivity contribution in [3.63, 3.8) is 0 Å². The van der Waals surface area contributed by atoms with Crippen LogP contribution in [0.1, 0.15) is 73.6 Å². The molecule has 0 N–H and O–H groups in total. The maximum Gasteiger partial charge on any atom is 0.182 e. The highest BCUT2D eigenvalue weighted by molar-refractivity contribution is 7.92. The topological polar surface area (TPSA) is 34.1 Å². The summed E-state index contributed by atoms with van der Waals surface area (Å²) in [5.74, 6) is 0.581. The van der Waals surface area contributed by atoms with E-state index >= 15 is 0 Å². The zero-order chi connectivity index (χ0) is 21.4. The van der Waals surface area contributed by atoms with Crippen LogP contribution in [-0.4, -0.2) is 13.7 Å². The largest absolute Gasteiger partial charge is 0.223 e. The van der Waals surface area contributed by atoms with E-state index in [1.54, 1.807) is 12.1 Å². The van der Waals surface area contributed by atoms with E-state index in [-0.39, 0.29) is 16.7 Å². The van der Waals surface area contributed by atoms with Crippen LogP contribution in [0, 0.1) is 22.7 Å². The minimum absolute atomic E-state index is 0.0150. The second kappa shape index (κ2) is 8.06. The molecule has 0 aromatic heterocycles. The van der Waals surface area contributed by atoms with Gasteiger partial charge in [-0.3, -0.25) is 0 Å². The molecule has 0 heterocycles. The van der Waals surface area contributed by atoms with Gasteiger partial charge in [0.15, 0.2) is 9.84 Å². The highest BCUT2D eigenvalue weighted by Crippen LogP contribution is 2.61. The lowest BCUT2D eigenvalue weighted by Crippen LogP contribution is -2.53. The lowest BCUT2D eigenvalue weighted by molar-refractivity contribution is -0.0379. The van der Waals surface area contributed by atoms with Crippen molar-refractivity contribution in [3.8, 4) is 0 Å². The molecule has 2 nitrogen and oxygen atoms in total. The Bertz CT molecular complexity index is 892. The van der Waals surface area contributed by atoms with Gasteiger partial charge in [-0.1, -0.05) is 68.7 Å². The van der Waals surface area contributed by atoms with Gasteiger partial charge in [-0.15, -0.1) is 0 Å². The molecule has 1 saturated carbocycles. The summed E-state index contributed by atoms with van der Waals surface area (Å²) in [4.78, 5) is 0.461. The molecule has 3 rings (SSSR count). The molecule has 160 valence electrons. The molecule has 29 heavy (non-hydrogen) atoms. The monoisotopic (exact) mass is 414 g/mol. The number of rotatable bonds is 5. The predicted molar refractivity (Wildman–Crippen MR) is 123 cm³/mol. The molecule has 0 spiro atoms. The molecule has 2 unspecified atom stereocenters. The summed E-state index contributed by atoms with van der Waals surface area (Å²) in [5, 5.41) is -0.418. The first-order chi connectivity index (χ1) is 13.5. The van der Waals surface area contributed by atoms with Crippen molar-refractivity contribution in [3.05, 3.63) is 53.6 Å². The van der Waals surface area contributed by atoms with Crippen molar-refractivity contribution >= 4 is 9.84 Å². The van der Waals surface area contributed by atoms with Crippen LogP contribution in [-0.2, 0) is 9.84 Å². The van der Waals surface area contributed by atoms with E-state index in [2.05, 4.69) is 46.8 Å². The van der Waals surface area contributed by atoms with Gasteiger partial charge in [0.2, 0.25) is 0 Å². The van der Waals surface area contributed by atoms with Crippen molar-refractivity contribution in [1.29, 1.82) is 0 Å². The summed E-state index contributed by atoms with van der Waals surface area (Å²) in [7, 11) is -3.45. The summed E-state index contributed by atoms with van der Waals surface area (Å²) in [6, 6.07) is 9.09. The van der Waals surface area contributed by atoms with Crippen molar-refractivity contribution in [1.82, 2.24) is 0 Å².